The zero-order chi connectivity index (χ0) is 17.0. The summed E-state index contributed by atoms with van der Waals surface area (Å²) in [7, 11) is 0. The molecule has 1 N–H and O–H groups in total. The maximum Gasteiger partial charge on any atom is 0.239 e. The first kappa shape index (κ1) is 16.1. The van der Waals surface area contributed by atoms with Gasteiger partial charge in [0.05, 0.1) is 11.5 Å². The minimum Gasteiger partial charge on any atom is -0.339 e. The van der Waals surface area contributed by atoms with E-state index in [1.165, 1.54) is 19.3 Å². The van der Waals surface area contributed by atoms with Crippen LogP contribution in [-0.4, -0.2) is 60.4 Å². The van der Waals surface area contributed by atoms with Crippen LogP contribution in [0, 0.1) is 23.2 Å². The Morgan fingerprint density at radius 1 is 0.840 bits per heavy atom. The molecule has 2 amide bonds. The Kier molecular flexibility index (Phi) is 3.84. The summed E-state index contributed by atoms with van der Waals surface area (Å²) in [4.78, 5) is 30.0. The van der Waals surface area contributed by atoms with Crippen LogP contribution in [0.1, 0.15) is 51.4 Å². The molecule has 4 aliphatic carbocycles. The van der Waals surface area contributed by atoms with E-state index in [0.717, 1.165) is 82.6 Å². The van der Waals surface area contributed by atoms with E-state index in [9.17, 15) is 9.59 Å². The van der Waals surface area contributed by atoms with Gasteiger partial charge in [-0.1, -0.05) is 0 Å². The van der Waals surface area contributed by atoms with Gasteiger partial charge in [-0.2, -0.15) is 0 Å². The quantitative estimate of drug-likeness (QED) is 0.828. The monoisotopic (exact) mass is 345 g/mol. The van der Waals surface area contributed by atoms with Crippen molar-refractivity contribution >= 4 is 11.8 Å². The summed E-state index contributed by atoms with van der Waals surface area (Å²) in [5.74, 6) is 3.11. The second kappa shape index (κ2) is 5.97. The average Bonchev–Trinajstić information content (AvgIpc) is 3.14. The molecule has 1 atom stereocenters. The molecule has 5 nitrogen and oxygen atoms in total. The molecule has 0 aromatic rings. The summed E-state index contributed by atoms with van der Waals surface area (Å²) in [6, 6.07) is 0.0189. The van der Waals surface area contributed by atoms with E-state index in [2.05, 4.69) is 10.2 Å². The molecule has 0 radical (unpaired) electrons. The summed E-state index contributed by atoms with van der Waals surface area (Å²) in [6.45, 7) is 3.86. The van der Waals surface area contributed by atoms with E-state index in [4.69, 9.17) is 0 Å². The highest BCUT2D eigenvalue weighted by molar-refractivity contribution is 5.85. The second-order valence-electron chi connectivity index (χ2n) is 9.46. The lowest BCUT2D eigenvalue weighted by Crippen LogP contribution is -2.59. The zero-order valence-corrected chi connectivity index (χ0v) is 15.2. The van der Waals surface area contributed by atoms with Crippen LogP contribution in [0.2, 0.25) is 0 Å². The van der Waals surface area contributed by atoms with E-state index in [1.807, 2.05) is 4.90 Å². The predicted molar refractivity (Wildman–Crippen MR) is 94.8 cm³/mol. The molecule has 2 heterocycles. The van der Waals surface area contributed by atoms with Crippen molar-refractivity contribution in [3.63, 3.8) is 0 Å². The molecule has 0 aromatic heterocycles. The molecule has 6 rings (SSSR count). The fraction of sp³-hybridized carbons (Fsp3) is 0.900. The first-order valence-corrected chi connectivity index (χ1v) is 10.4. The number of hydrogen-bond donors (Lipinski definition) is 1. The molecule has 1 unspecified atom stereocenters. The highest BCUT2D eigenvalue weighted by Crippen LogP contribution is 2.60. The van der Waals surface area contributed by atoms with Crippen LogP contribution in [0.25, 0.3) is 0 Å². The number of hydrogen-bond acceptors (Lipinski definition) is 3. The van der Waals surface area contributed by atoms with Crippen LogP contribution >= 0.6 is 0 Å². The molecular weight excluding hydrogens is 314 g/mol. The van der Waals surface area contributed by atoms with Crippen molar-refractivity contribution in [3.05, 3.63) is 0 Å². The van der Waals surface area contributed by atoms with Gasteiger partial charge in [-0.15, -0.1) is 0 Å². The SMILES string of the molecule is O=C(C1CCCN1)N1CCN(C(=O)C23CC4CC(CC(C4)C2)C3)CC1. The Morgan fingerprint density at radius 2 is 1.40 bits per heavy atom. The summed E-state index contributed by atoms with van der Waals surface area (Å²) >= 11 is 0. The molecule has 5 heteroatoms. The Labute approximate surface area is 150 Å². The molecule has 25 heavy (non-hydrogen) atoms. The van der Waals surface area contributed by atoms with Crippen molar-refractivity contribution in [1.82, 2.24) is 15.1 Å². The van der Waals surface area contributed by atoms with Gasteiger partial charge in [0.25, 0.3) is 0 Å². The van der Waals surface area contributed by atoms with E-state index < -0.39 is 0 Å². The Morgan fingerprint density at radius 3 is 1.92 bits per heavy atom. The van der Waals surface area contributed by atoms with E-state index >= 15 is 0 Å². The number of nitrogens with zero attached hydrogens (tertiary/aromatic N) is 2. The Bertz CT molecular complexity index is 526. The van der Waals surface area contributed by atoms with Gasteiger partial charge in [-0.05, 0) is 75.7 Å². The van der Waals surface area contributed by atoms with E-state index in [0.29, 0.717) is 5.91 Å². The number of carbonyl (C=O) groups excluding carboxylic acids is 2. The van der Waals surface area contributed by atoms with Crippen LogP contribution in [0.5, 0.6) is 0 Å². The Balaban J connectivity index is 1.22. The van der Waals surface area contributed by atoms with Crippen molar-refractivity contribution in [3.8, 4) is 0 Å². The average molecular weight is 345 g/mol. The zero-order valence-electron chi connectivity index (χ0n) is 15.2. The largest absolute Gasteiger partial charge is 0.339 e. The molecule has 4 saturated carbocycles. The van der Waals surface area contributed by atoms with Crippen molar-refractivity contribution in [1.29, 1.82) is 0 Å². The smallest absolute Gasteiger partial charge is 0.239 e. The first-order chi connectivity index (χ1) is 12.1. The van der Waals surface area contributed by atoms with Gasteiger partial charge < -0.3 is 15.1 Å². The molecular formula is C20H31N3O2. The maximum absolute atomic E-state index is 13.4. The summed E-state index contributed by atoms with van der Waals surface area (Å²) in [6.07, 6.45) is 9.62. The molecule has 2 saturated heterocycles. The van der Waals surface area contributed by atoms with Gasteiger partial charge in [0, 0.05) is 26.2 Å². The third kappa shape index (κ3) is 2.70. The van der Waals surface area contributed by atoms with Crippen LogP contribution in [0.15, 0.2) is 0 Å². The molecule has 138 valence electrons. The topological polar surface area (TPSA) is 52.7 Å². The van der Waals surface area contributed by atoms with Gasteiger partial charge in [-0.25, -0.2) is 0 Å². The third-order valence-corrected chi connectivity index (χ3v) is 7.73. The highest BCUT2D eigenvalue weighted by Gasteiger charge is 2.55. The van der Waals surface area contributed by atoms with Crippen LogP contribution < -0.4 is 5.32 Å². The van der Waals surface area contributed by atoms with E-state index in [-0.39, 0.29) is 17.4 Å². The predicted octanol–water partition coefficient (Wildman–Crippen LogP) is 1.63. The van der Waals surface area contributed by atoms with Gasteiger partial charge in [-0.3, -0.25) is 9.59 Å². The Hall–Kier alpha value is -1.10. The van der Waals surface area contributed by atoms with Crippen molar-refractivity contribution in [2.45, 2.75) is 57.4 Å². The van der Waals surface area contributed by atoms with Gasteiger partial charge in [0.15, 0.2) is 0 Å². The normalized spacial score (nSPS) is 42.9. The highest BCUT2D eigenvalue weighted by atomic mass is 16.2. The number of carbonyl (C=O) groups is 2. The standard InChI is InChI=1S/C20H31N3O2/c24-18(17-2-1-3-21-17)22-4-6-23(7-5-22)19(25)20-11-14-8-15(12-20)10-16(9-14)13-20/h14-17,21H,1-13H2. The number of amides is 2. The van der Waals surface area contributed by atoms with Crippen LogP contribution in [0.3, 0.4) is 0 Å². The third-order valence-electron chi connectivity index (χ3n) is 7.73. The van der Waals surface area contributed by atoms with Crippen molar-refractivity contribution in [2.75, 3.05) is 32.7 Å². The molecule has 0 aromatic carbocycles. The lowest BCUT2D eigenvalue weighted by atomic mass is 9.49. The van der Waals surface area contributed by atoms with Crippen LogP contribution in [0.4, 0.5) is 0 Å². The number of nitrogens with one attached hydrogen (secondary N) is 1. The van der Waals surface area contributed by atoms with Gasteiger partial charge >= 0.3 is 0 Å². The minimum absolute atomic E-state index is 0.0189. The minimum atomic E-state index is -0.0338. The molecule has 2 aliphatic heterocycles. The fourth-order valence-electron chi connectivity index (χ4n) is 6.95. The van der Waals surface area contributed by atoms with E-state index in [1.54, 1.807) is 0 Å². The fourth-order valence-corrected chi connectivity index (χ4v) is 6.95. The molecule has 4 bridgehead atoms. The number of rotatable bonds is 2. The van der Waals surface area contributed by atoms with Gasteiger partial charge in [0.2, 0.25) is 11.8 Å². The van der Waals surface area contributed by atoms with Gasteiger partial charge in [0.1, 0.15) is 0 Å². The summed E-state index contributed by atoms with van der Waals surface area (Å²) < 4.78 is 0. The summed E-state index contributed by atoms with van der Waals surface area (Å²) in [5, 5.41) is 3.30. The molecule has 6 aliphatic rings. The summed E-state index contributed by atoms with van der Waals surface area (Å²) in [5.41, 5.74) is -0.0338. The lowest BCUT2D eigenvalue weighted by Gasteiger charge is -2.57. The second-order valence-corrected chi connectivity index (χ2v) is 9.46. The maximum atomic E-state index is 13.4. The van der Waals surface area contributed by atoms with Crippen molar-refractivity contribution in [2.24, 2.45) is 23.2 Å². The number of piperazine rings is 1. The molecule has 6 fully saturated rings. The van der Waals surface area contributed by atoms with Crippen LogP contribution in [-0.2, 0) is 9.59 Å². The molecule has 0 spiro atoms. The first-order valence-electron chi connectivity index (χ1n) is 10.4. The lowest BCUT2D eigenvalue weighted by molar-refractivity contribution is -0.160. The van der Waals surface area contributed by atoms with Crippen molar-refractivity contribution < 1.29 is 9.59 Å².